The van der Waals surface area contributed by atoms with Crippen molar-refractivity contribution < 1.29 is 29.6 Å². The number of aryl methyl sites for hydroxylation is 4. The third-order valence-corrected chi connectivity index (χ3v) is 9.35. The van der Waals surface area contributed by atoms with Gasteiger partial charge in [-0.3, -0.25) is 0 Å². The maximum atomic E-state index is 6.37. The second-order valence-electron chi connectivity index (χ2n) is 12.7. The number of benzene rings is 5. The summed E-state index contributed by atoms with van der Waals surface area (Å²) in [6.45, 7) is 8.56. The quantitative estimate of drug-likeness (QED) is 0.132. The number of rotatable bonds is 3. The Morgan fingerprint density at radius 3 is 2.20 bits per heavy atom. The second-order valence-corrected chi connectivity index (χ2v) is 12.7. The number of ether oxygens (including phenoxy) is 2. The zero-order chi connectivity index (χ0) is 33.5. The summed E-state index contributed by atoms with van der Waals surface area (Å²) in [5.41, 5.74) is 14.6. The van der Waals surface area contributed by atoms with Crippen LogP contribution in [0.25, 0.3) is 33.6 Å². The summed E-state index contributed by atoms with van der Waals surface area (Å²) in [5.74, 6) is 3.40. The monoisotopic (exact) mass is 825 g/mol. The first-order valence-electron chi connectivity index (χ1n) is 16.5. The zero-order valence-corrected chi connectivity index (χ0v) is 30.6. The third-order valence-electron chi connectivity index (χ3n) is 9.35. The molecule has 0 fully saturated rings. The van der Waals surface area contributed by atoms with E-state index in [0.29, 0.717) is 0 Å². The van der Waals surface area contributed by atoms with Gasteiger partial charge < -0.3 is 19.4 Å². The van der Waals surface area contributed by atoms with Crippen molar-refractivity contribution in [3.63, 3.8) is 0 Å². The minimum Gasteiger partial charge on any atom is -0.503 e. The molecule has 9 rings (SSSR count). The second kappa shape index (κ2) is 13.9. The SMILES string of the molecule is Cc1c[c-]c(-c2cc(-c3ccc(C)c(C)c3)c(C)cn2)cc1.[Ir].[c-]1ccc2c(c1-c1ccccn1)Oc1cccc3c1B2c1ccccc1O3. The molecule has 0 N–H and O–H groups in total. The van der Waals surface area contributed by atoms with Crippen LogP contribution in [0.3, 0.4) is 0 Å². The van der Waals surface area contributed by atoms with E-state index in [2.05, 4.69) is 104 Å². The van der Waals surface area contributed by atoms with Gasteiger partial charge in [-0.1, -0.05) is 73.2 Å². The molecule has 0 saturated heterocycles. The van der Waals surface area contributed by atoms with Crippen molar-refractivity contribution in [1.29, 1.82) is 0 Å². The summed E-state index contributed by atoms with van der Waals surface area (Å²) < 4.78 is 12.5. The molecule has 0 aliphatic carbocycles. The van der Waals surface area contributed by atoms with E-state index in [1.165, 1.54) is 33.4 Å². The van der Waals surface area contributed by atoms with Crippen LogP contribution in [0, 0.1) is 39.8 Å². The Bertz CT molecular complexity index is 2340. The van der Waals surface area contributed by atoms with Gasteiger partial charge in [0.1, 0.15) is 17.2 Å². The summed E-state index contributed by atoms with van der Waals surface area (Å²) >= 11 is 0. The van der Waals surface area contributed by atoms with Crippen molar-refractivity contribution in [2.24, 2.45) is 0 Å². The fourth-order valence-corrected chi connectivity index (χ4v) is 6.60. The largest absolute Gasteiger partial charge is 0.503 e. The van der Waals surface area contributed by atoms with E-state index in [1.807, 2.05) is 66.9 Å². The van der Waals surface area contributed by atoms with E-state index >= 15 is 0 Å². The van der Waals surface area contributed by atoms with Crippen LogP contribution in [-0.2, 0) is 20.1 Å². The number of nitrogens with zero attached hydrogens (tertiary/aromatic N) is 2. The Hall–Kier alpha value is -5.29. The molecule has 1 radical (unpaired) electrons. The van der Waals surface area contributed by atoms with E-state index < -0.39 is 0 Å². The van der Waals surface area contributed by atoms with Gasteiger partial charge >= 0.3 is 0 Å². The van der Waals surface area contributed by atoms with Crippen molar-refractivity contribution in [2.75, 3.05) is 0 Å². The average Bonchev–Trinajstić information content (AvgIpc) is 3.14. The van der Waals surface area contributed by atoms with Crippen LogP contribution in [0.5, 0.6) is 23.0 Å². The van der Waals surface area contributed by atoms with E-state index in [1.54, 1.807) is 6.20 Å². The molecule has 7 aromatic rings. The molecule has 0 bridgehead atoms. The van der Waals surface area contributed by atoms with Crippen molar-refractivity contribution in [3.8, 4) is 56.6 Å². The minimum absolute atomic E-state index is 0. The molecule has 0 spiro atoms. The summed E-state index contributed by atoms with van der Waals surface area (Å²) in [6, 6.07) is 45.7. The Morgan fingerprint density at radius 1 is 0.620 bits per heavy atom. The van der Waals surface area contributed by atoms with Gasteiger partial charge in [0.05, 0.1) is 0 Å². The molecule has 0 amide bonds. The minimum atomic E-state index is 0. The first-order valence-corrected chi connectivity index (χ1v) is 16.5. The third kappa shape index (κ3) is 6.17. The standard InChI is InChI=1S/C23H13BNO2.C21H20N.Ir/c1-2-11-19-16(8-1)24-17-9-5-7-15(18-10-3-4-14-25-18)23(17)27-21-13-6-12-20(26-19)22(21)24;1-14-5-8-18(9-6-14)21-12-20(17(4)13-22-21)19-10-7-15(2)16(3)11-19;/h1-6,8-14H;5-8,10-13H,1-4H3;/q2*-1;. The molecule has 245 valence electrons. The summed E-state index contributed by atoms with van der Waals surface area (Å²) in [4.78, 5) is 9.08. The van der Waals surface area contributed by atoms with Crippen LogP contribution in [-0.4, -0.2) is 16.7 Å². The van der Waals surface area contributed by atoms with E-state index in [9.17, 15) is 0 Å². The molecule has 4 nitrogen and oxygen atoms in total. The Balaban J connectivity index is 0.000000157. The predicted molar refractivity (Wildman–Crippen MR) is 199 cm³/mol. The van der Waals surface area contributed by atoms with E-state index in [4.69, 9.17) is 9.47 Å². The van der Waals surface area contributed by atoms with Gasteiger partial charge in [-0.05, 0) is 89.7 Å². The van der Waals surface area contributed by atoms with Crippen molar-refractivity contribution in [2.45, 2.75) is 27.7 Å². The Labute approximate surface area is 307 Å². The summed E-state index contributed by atoms with van der Waals surface area (Å²) in [5, 5.41) is 0. The molecule has 4 heterocycles. The first kappa shape index (κ1) is 33.2. The van der Waals surface area contributed by atoms with Crippen molar-refractivity contribution >= 4 is 23.1 Å². The van der Waals surface area contributed by atoms with E-state index in [0.717, 1.165) is 61.9 Å². The normalized spacial score (nSPS) is 11.7. The van der Waals surface area contributed by atoms with Crippen LogP contribution < -0.4 is 25.9 Å². The molecule has 2 aliphatic heterocycles. The molecule has 6 heteroatoms. The van der Waals surface area contributed by atoms with Crippen LogP contribution in [0.4, 0.5) is 0 Å². The zero-order valence-electron chi connectivity index (χ0n) is 28.2. The van der Waals surface area contributed by atoms with Gasteiger partial charge in [0.15, 0.2) is 0 Å². The maximum absolute atomic E-state index is 6.37. The number of pyridine rings is 2. The smallest absolute Gasteiger partial charge is 0.241 e. The molecule has 0 atom stereocenters. The number of fused-ring (bicyclic) bond motifs is 4. The Morgan fingerprint density at radius 2 is 1.42 bits per heavy atom. The first-order chi connectivity index (χ1) is 23.9. The average molecular weight is 825 g/mol. The van der Waals surface area contributed by atoms with Crippen LogP contribution >= 0.6 is 0 Å². The molecule has 0 unspecified atom stereocenters. The molecule has 5 aromatic carbocycles. The summed E-state index contributed by atoms with van der Waals surface area (Å²) in [6.07, 6.45) is 3.74. The summed E-state index contributed by atoms with van der Waals surface area (Å²) in [7, 11) is 0. The number of para-hydroxylation sites is 1. The topological polar surface area (TPSA) is 44.2 Å². The van der Waals surface area contributed by atoms with Crippen LogP contribution in [0.1, 0.15) is 22.3 Å². The van der Waals surface area contributed by atoms with Gasteiger partial charge in [0.2, 0.25) is 6.71 Å². The van der Waals surface area contributed by atoms with Crippen molar-refractivity contribution in [3.05, 3.63) is 162 Å². The van der Waals surface area contributed by atoms with Crippen LogP contribution in [0.15, 0.2) is 128 Å². The number of aromatic nitrogens is 2. The molecule has 2 aromatic heterocycles. The molecular weight excluding hydrogens is 792 g/mol. The van der Waals surface area contributed by atoms with Gasteiger partial charge in [-0.2, -0.15) is 0 Å². The van der Waals surface area contributed by atoms with Gasteiger partial charge in [0, 0.05) is 43.7 Å². The van der Waals surface area contributed by atoms with E-state index in [-0.39, 0.29) is 26.8 Å². The fourth-order valence-electron chi connectivity index (χ4n) is 6.60. The predicted octanol–water partition coefficient (Wildman–Crippen LogP) is 8.72. The van der Waals surface area contributed by atoms with Gasteiger partial charge in [-0.25, -0.2) is 0 Å². The Kier molecular flexibility index (Phi) is 9.24. The van der Waals surface area contributed by atoms with Gasteiger partial charge in [-0.15, -0.1) is 59.1 Å². The van der Waals surface area contributed by atoms with Gasteiger partial charge in [0.25, 0.3) is 0 Å². The fraction of sp³-hybridized carbons (Fsp3) is 0.0909. The van der Waals surface area contributed by atoms with Crippen molar-refractivity contribution in [1.82, 2.24) is 9.97 Å². The molecule has 50 heavy (non-hydrogen) atoms. The molecule has 2 aliphatic rings. The van der Waals surface area contributed by atoms with Crippen LogP contribution in [0.2, 0.25) is 0 Å². The molecule has 0 saturated carbocycles. The molecular formula is C44H33BIrN2O2-2. The number of hydrogen-bond donors (Lipinski definition) is 0. The maximum Gasteiger partial charge on any atom is 0.241 e. The number of hydrogen-bond acceptors (Lipinski definition) is 4.